The van der Waals surface area contributed by atoms with Gasteiger partial charge in [-0.25, -0.2) is 14.0 Å². The lowest BCUT2D eigenvalue weighted by atomic mass is 10.2. The first-order valence-electron chi connectivity index (χ1n) is 6.14. The van der Waals surface area contributed by atoms with Gasteiger partial charge in [-0.05, 0) is 36.8 Å². The number of aromatic carboxylic acids is 1. The van der Waals surface area contributed by atoms with Crippen molar-refractivity contribution in [3.63, 3.8) is 0 Å². The van der Waals surface area contributed by atoms with Crippen molar-refractivity contribution in [2.75, 3.05) is 10.6 Å². The minimum absolute atomic E-state index is 0.0916. The number of carbonyl (C=O) groups excluding carboxylic acids is 1. The summed E-state index contributed by atoms with van der Waals surface area (Å²) in [7, 11) is 0. The Balaban J connectivity index is 2.10. The standard InChI is InChI=1S/C15H13FN2O3/c1-9-4-2-3-5-12(9)17-15(21)18-13-7-6-10(14(19)20)8-11(13)16/h2-8H,1H3,(H,19,20)(H2,17,18,21). The normalized spacial score (nSPS) is 10.0. The van der Waals surface area contributed by atoms with Gasteiger partial charge in [0, 0.05) is 5.69 Å². The van der Waals surface area contributed by atoms with Gasteiger partial charge in [0.1, 0.15) is 5.82 Å². The number of nitrogens with one attached hydrogen (secondary N) is 2. The van der Waals surface area contributed by atoms with Crippen molar-refractivity contribution >= 4 is 23.4 Å². The molecule has 0 aliphatic heterocycles. The van der Waals surface area contributed by atoms with Crippen LogP contribution < -0.4 is 10.6 Å². The smallest absolute Gasteiger partial charge is 0.335 e. The molecule has 0 saturated heterocycles. The summed E-state index contributed by atoms with van der Waals surface area (Å²) in [4.78, 5) is 22.5. The van der Waals surface area contributed by atoms with E-state index in [9.17, 15) is 14.0 Å². The summed E-state index contributed by atoms with van der Waals surface area (Å²) in [6.07, 6.45) is 0. The second-order valence-corrected chi connectivity index (χ2v) is 4.39. The molecule has 0 unspecified atom stereocenters. The molecule has 2 aromatic rings. The number of amides is 2. The zero-order valence-corrected chi connectivity index (χ0v) is 11.2. The summed E-state index contributed by atoms with van der Waals surface area (Å²) in [6, 6.07) is 9.83. The van der Waals surface area contributed by atoms with Crippen molar-refractivity contribution in [1.82, 2.24) is 0 Å². The van der Waals surface area contributed by atoms with E-state index in [2.05, 4.69) is 10.6 Å². The number of carbonyl (C=O) groups is 2. The molecular weight excluding hydrogens is 275 g/mol. The van der Waals surface area contributed by atoms with Crippen LogP contribution in [0.5, 0.6) is 0 Å². The van der Waals surface area contributed by atoms with Gasteiger partial charge in [0.2, 0.25) is 0 Å². The highest BCUT2D eigenvalue weighted by molar-refractivity contribution is 6.00. The maximum atomic E-state index is 13.7. The van der Waals surface area contributed by atoms with Crippen LogP contribution >= 0.6 is 0 Å². The third kappa shape index (κ3) is 3.56. The van der Waals surface area contributed by atoms with Crippen molar-refractivity contribution in [2.45, 2.75) is 6.92 Å². The first-order valence-corrected chi connectivity index (χ1v) is 6.14. The fraction of sp³-hybridized carbons (Fsp3) is 0.0667. The molecule has 21 heavy (non-hydrogen) atoms. The zero-order chi connectivity index (χ0) is 15.4. The van der Waals surface area contributed by atoms with Crippen molar-refractivity contribution in [3.8, 4) is 0 Å². The molecule has 5 nitrogen and oxygen atoms in total. The molecular formula is C15H13FN2O3. The van der Waals surface area contributed by atoms with E-state index in [1.54, 1.807) is 12.1 Å². The van der Waals surface area contributed by atoms with Gasteiger partial charge in [-0.1, -0.05) is 18.2 Å². The number of benzene rings is 2. The Morgan fingerprint density at radius 1 is 1.05 bits per heavy atom. The second-order valence-electron chi connectivity index (χ2n) is 4.39. The number of aryl methyl sites for hydroxylation is 1. The fourth-order valence-corrected chi connectivity index (χ4v) is 1.74. The number of carboxylic acid groups (broad SMARTS) is 1. The summed E-state index contributed by atoms with van der Waals surface area (Å²) < 4.78 is 13.7. The van der Waals surface area contributed by atoms with Gasteiger partial charge in [0.05, 0.1) is 11.3 Å². The monoisotopic (exact) mass is 288 g/mol. The van der Waals surface area contributed by atoms with Gasteiger partial charge in [-0.15, -0.1) is 0 Å². The Bertz CT molecular complexity index is 701. The largest absolute Gasteiger partial charge is 0.478 e. The SMILES string of the molecule is Cc1ccccc1NC(=O)Nc1ccc(C(=O)O)cc1F. The summed E-state index contributed by atoms with van der Waals surface area (Å²) >= 11 is 0. The van der Waals surface area contributed by atoms with Gasteiger partial charge >= 0.3 is 12.0 Å². The van der Waals surface area contributed by atoms with E-state index in [4.69, 9.17) is 5.11 Å². The molecule has 0 fully saturated rings. The Morgan fingerprint density at radius 3 is 2.33 bits per heavy atom. The summed E-state index contributed by atoms with van der Waals surface area (Å²) in [6.45, 7) is 1.83. The van der Waals surface area contributed by atoms with Crippen molar-refractivity contribution < 1.29 is 19.1 Å². The van der Waals surface area contributed by atoms with Gasteiger partial charge in [0.15, 0.2) is 0 Å². The predicted molar refractivity (Wildman–Crippen MR) is 77.2 cm³/mol. The third-order valence-electron chi connectivity index (χ3n) is 2.86. The Morgan fingerprint density at radius 2 is 1.71 bits per heavy atom. The molecule has 0 atom stereocenters. The number of hydrogen-bond acceptors (Lipinski definition) is 2. The summed E-state index contributed by atoms with van der Waals surface area (Å²) in [5, 5.41) is 13.7. The highest BCUT2D eigenvalue weighted by Crippen LogP contribution is 2.17. The first-order chi connectivity index (χ1) is 9.97. The molecule has 2 amide bonds. The van der Waals surface area contributed by atoms with Gasteiger partial charge in [0.25, 0.3) is 0 Å². The molecule has 3 N–H and O–H groups in total. The van der Waals surface area contributed by atoms with E-state index < -0.39 is 17.8 Å². The van der Waals surface area contributed by atoms with Crippen molar-refractivity contribution in [1.29, 1.82) is 0 Å². The van der Waals surface area contributed by atoms with Crippen LogP contribution in [0.3, 0.4) is 0 Å². The molecule has 0 aromatic heterocycles. The minimum atomic E-state index is -1.23. The molecule has 0 heterocycles. The first kappa shape index (κ1) is 14.5. The van der Waals surface area contributed by atoms with Gasteiger partial charge < -0.3 is 15.7 Å². The molecule has 6 heteroatoms. The molecule has 0 spiro atoms. The molecule has 0 aliphatic rings. The molecule has 108 valence electrons. The quantitative estimate of drug-likeness (QED) is 0.809. The van der Waals surface area contributed by atoms with Crippen LogP contribution in [0.15, 0.2) is 42.5 Å². The van der Waals surface area contributed by atoms with Crippen LogP contribution in [0.25, 0.3) is 0 Å². The van der Waals surface area contributed by atoms with Crippen LogP contribution in [0, 0.1) is 12.7 Å². The summed E-state index contributed by atoms with van der Waals surface area (Å²) in [5.41, 5.74) is 1.20. The van der Waals surface area contributed by atoms with Crippen LogP contribution in [-0.2, 0) is 0 Å². The van der Waals surface area contributed by atoms with E-state index in [1.807, 2.05) is 19.1 Å². The predicted octanol–water partition coefficient (Wildman–Crippen LogP) is 3.48. The van der Waals surface area contributed by atoms with Crippen molar-refractivity contribution in [2.24, 2.45) is 0 Å². The molecule has 0 aliphatic carbocycles. The van der Waals surface area contributed by atoms with E-state index in [0.29, 0.717) is 5.69 Å². The molecule has 2 aromatic carbocycles. The molecule has 2 rings (SSSR count). The maximum absolute atomic E-state index is 13.7. The zero-order valence-electron chi connectivity index (χ0n) is 11.2. The number of rotatable bonds is 3. The number of hydrogen-bond donors (Lipinski definition) is 3. The number of halogens is 1. The van der Waals surface area contributed by atoms with Crippen LogP contribution in [0.2, 0.25) is 0 Å². The number of carboxylic acids is 1. The van der Waals surface area contributed by atoms with E-state index in [1.165, 1.54) is 12.1 Å². The van der Waals surface area contributed by atoms with Crippen molar-refractivity contribution in [3.05, 3.63) is 59.4 Å². The number of anilines is 2. The average Bonchev–Trinajstić information content (AvgIpc) is 2.43. The Labute approximate surface area is 120 Å². The highest BCUT2D eigenvalue weighted by atomic mass is 19.1. The fourth-order valence-electron chi connectivity index (χ4n) is 1.74. The third-order valence-corrected chi connectivity index (χ3v) is 2.86. The lowest BCUT2D eigenvalue weighted by molar-refractivity contribution is 0.0696. The molecule has 0 radical (unpaired) electrons. The van der Waals surface area contributed by atoms with Gasteiger partial charge in [-0.2, -0.15) is 0 Å². The van der Waals surface area contributed by atoms with E-state index in [-0.39, 0.29) is 11.3 Å². The minimum Gasteiger partial charge on any atom is -0.478 e. The van der Waals surface area contributed by atoms with E-state index >= 15 is 0 Å². The Kier molecular flexibility index (Phi) is 4.18. The number of para-hydroxylation sites is 1. The Hall–Kier alpha value is -2.89. The van der Waals surface area contributed by atoms with Crippen LogP contribution in [-0.4, -0.2) is 17.1 Å². The summed E-state index contributed by atoms with van der Waals surface area (Å²) in [5.74, 6) is -2.04. The van der Waals surface area contributed by atoms with E-state index in [0.717, 1.165) is 11.6 Å². The molecule has 0 saturated carbocycles. The van der Waals surface area contributed by atoms with Crippen LogP contribution in [0.1, 0.15) is 15.9 Å². The topological polar surface area (TPSA) is 78.4 Å². The lowest BCUT2D eigenvalue weighted by Crippen LogP contribution is -2.20. The second kappa shape index (κ2) is 6.04. The lowest BCUT2D eigenvalue weighted by Gasteiger charge is -2.10. The van der Waals surface area contributed by atoms with Gasteiger partial charge in [-0.3, -0.25) is 0 Å². The van der Waals surface area contributed by atoms with Crippen LogP contribution in [0.4, 0.5) is 20.6 Å². The highest BCUT2D eigenvalue weighted by Gasteiger charge is 2.11. The maximum Gasteiger partial charge on any atom is 0.335 e. The molecule has 0 bridgehead atoms. The number of urea groups is 1. The average molecular weight is 288 g/mol.